The summed E-state index contributed by atoms with van der Waals surface area (Å²) in [6, 6.07) is 0. The molecule has 16 heavy (non-hydrogen) atoms. The van der Waals surface area contributed by atoms with Crippen LogP contribution in [0.1, 0.15) is 13.3 Å². The van der Waals surface area contributed by atoms with Crippen molar-refractivity contribution in [3.63, 3.8) is 0 Å². The summed E-state index contributed by atoms with van der Waals surface area (Å²) < 4.78 is 61.7. The third-order valence-corrected chi connectivity index (χ3v) is 3.50. The maximum Gasteiger partial charge on any atom is 0.402 e. The van der Waals surface area contributed by atoms with Crippen LogP contribution in [0.2, 0.25) is 0 Å². The van der Waals surface area contributed by atoms with Crippen LogP contribution in [0.5, 0.6) is 0 Å². The highest BCUT2D eigenvalue weighted by molar-refractivity contribution is 7.87. The Kier molecular flexibility index (Phi) is 3.83. The minimum absolute atomic E-state index is 0.403. The molecule has 0 aromatic rings. The van der Waals surface area contributed by atoms with E-state index in [-0.39, 0.29) is 0 Å². The van der Waals surface area contributed by atoms with Crippen molar-refractivity contribution in [3.05, 3.63) is 0 Å². The number of nitrogens with one attached hydrogen (secondary N) is 3. The molecule has 1 atom stereocenters. The van der Waals surface area contributed by atoms with Crippen molar-refractivity contribution < 1.29 is 21.6 Å². The van der Waals surface area contributed by atoms with Crippen LogP contribution in [0.3, 0.4) is 0 Å². The summed E-state index contributed by atoms with van der Waals surface area (Å²) in [5.74, 6) is 0. The van der Waals surface area contributed by atoms with Crippen LogP contribution in [0, 0.1) is 0 Å². The van der Waals surface area contributed by atoms with E-state index in [1.54, 1.807) is 6.92 Å². The Balaban J connectivity index is 2.52. The Morgan fingerprint density at radius 2 is 2.06 bits per heavy atom. The third-order valence-electron chi connectivity index (χ3n) is 2.21. The van der Waals surface area contributed by atoms with Crippen LogP contribution in [0.4, 0.5) is 13.2 Å². The first-order chi connectivity index (χ1) is 7.12. The fraction of sp³-hybridized carbons (Fsp3) is 1.00. The van der Waals surface area contributed by atoms with Gasteiger partial charge in [0.2, 0.25) is 0 Å². The Morgan fingerprint density at radius 1 is 1.44 bits per heavy atom. The van der Waals surface area contributed by atoms with E-state index < -0.39 is 28.5 Å². The van der Waals surface area contributed by atoms with Gasteiger partial charge in [0.15, 0.2) is 0 Å². The summed E-state index contributed by atoms with van der Waals surface area (Å²) >= 11 is 0. The lowest BCUT2D eigenvalue weighted by Crippen LogP contribution is -2.53. The molecule has 1 fully saturated rings. The first kappa shape index (κ1) is 13.7. The maximum absolute atomic E-state index is 11.8. The van der Waals surface area contributed by atoms with Crippen LogP contribution in [-0.4, -0.2) is 39.8 Å². The molecule has 1 saturated heterocycles. The fourth-order valence-corrected chi connectivity index (χ4v) is 2.69. The second-order valence-corrected chi connectivity index (χ2v) is 5.53. The zero-order valence-electron chi connectivity index (χ0n) is 8.69. The van der Waals surface area contributed by atoms with Gasteiger partial charge in [-0.1, -0.05) is 0 Å². The first-order valence-corrected chi connectivity index (χ1v) is 6.16. The molecular formula is C7H14F3N3O2S. The highest BCUT2D eigenvalue weighted by atomic mass is 32.2. The van der Waals surface area contributed by atoms with Crippen LogP contribution < -0.4 is 14.8 Å². The fourth-order valence-electron chi connectivity index (χ4n) is 1.44. The van der Waals surface area contributed by atoms with Gasteiger partial charge in [0, 0.05) is 12.1 Å². The standard InChI is InChI=1S/C7H14F3N3O2S/c1-6(2-3-11-4-6)13-16(14,15)12-5-7(8,9)10/h11-13H,2-5H2,1H3. The first-order valence-electron chi connectivity index (χ1n) is 4.68. The molecule has 1 rings (SSSR count). The Labute approximate surface area is 92.0 Å². The van der Waals surface area contributed by atoms with Crippen molar-refractivity contribution in [3.8, 4) is 0 Å². The molecule has 0 amide bonds. The third kappa shape index (κ3) is 4.64. The summed E-state index contributed by atoms with van der Waals surface area (Å²) in [6.07, 6.45) is -4.01. The van der Waals surface area contributed by atoms with E-state index in [4.69, 9.17) is 0 Å². The van der Waals surface area contributed by atoms with Gasteiger partial charge in [-0.3, -0.25) is 0 Å². The lowest BCUT2D eigenvalue weighted by molar-refractivity contribution is -0.121. The van der Waals surface area contributed by atoms with Crippen molar-refractivity contribution in [2.45, 2.75) is 25.1 Å². The van der Waals surface area contributed by atoms with Crippen molar-refractivity contribution in [2.75, 3.05) is 19.6 Å². The second-order valence-electron chi connectivity index (χ2n) is 4.03. The van der Waals surface area contributed by atoms with Gasteiger partial charge in [-0.2, -0.15) is 31.0 Å². The quantitative estimate of drug-likeness (QED) is 0.652. The molecule has 0 bridgehead atoms. The molecular weight excluding hydrogens is 247 g/mol. The smallest absolute Gasteiger partial charge is 0.315 e. The zero-order chi connectivity index (χ0) is 12.4. The van der Waals surface area contributed by atoms with Crippen molar-refractivity contribution in [1.29, 1.82) is 0 Å². The number of hydrogen-bond donors (Lipinski definition) is 3. The highest BCUT2D eigenvalue weighted by Crippen LogP contribution is 2.15. The Bertz CT molecular complexity index is 335. The van der Waals surface area contributed by atoms with Gasteiger partial charge in [-0.15, -0.1) is 0 Å². The van der Waals surface area contributed by atoms with Gasteiger partial charge in [0.1, 0.15) is 6.54 Å². The number of halogens is 3. The van der Waals surface area contributed by atoms with Crippen LogP contribution in [-0.2, 0) is 10.2 Å². The molecule has 0 radical (unpaired) electrons. The van der Waals surface area contributed by atoms with Crippen molar-refractivity contribution in [1.82, 2.24) is 14.8 Å². The molecule has 0 aromatic heterocycles. The van der Waals surface area contributed by atoms with E-state index in [0.29, 0.717) is 19.5 Å². The van der Waals surface area contributed by atoms with Crippen molar-refractivity contribution >= 4 is 10.2 Å². The zero-order valence-corrected chi connectivity index (χ0v) is 9.50. The molecule has 1 aliphatic rings. The van der Waals surface area contributed by atoms with Crippen LogP contribution >= 0.6 is 0 Å². The van der Waals surface area contributed by atoms with Gasteiger partial charge in [0.25, 0.3) is 10.2 Å². The summed E-state index contributed by atoms with van der Waals surface area (Å²) in [5.41, 5.74) is -0.725. The molecule has 0 spiro atoms. The van der Waals surface area contributed by atoms with Crippen LogP contribution in [0.25, 0.3) is 0 Å². The summed E-state index contributed by atoms with van der Waals surface area (Å²) in [5, 5.41) is 2.93. The van der Waals surface area contributed by atoms with E-state index in [0.717, 1.165) is 0 Å². The van der Waals surface area contributed by atoms with Gasteiger partial charge < -0.3 is 5.32 Å². The molecule has 0 saturated carbocycles. The number of alkyl halides is 3. The minimum atomic E-state index is -4.55. The Hall–Kier alpha value is -0.380. The molecule has 5 nitrogen and oxygen atoms in total. The molecule has 1 heterocycles. The molecule has 0 aliphatic carbocycles. The Morgan fingerprint density at radius 3 is 2.50 bits per heavy atom. The summed E-state index contributed by atoms with van der Waals surface area (Å²) in [4.78, 5) is 0. The van der Waals surface area contributed by atoms with Gasteiger partial charge in [-0.05, 0) is 19.9 Å². The number of rotatable bonds is 4. The van der Waals surface area contributed by atoms with E-state index in [2.05, 4.69) is 10.0 Å². The average Bonchev–Trinajstić information content (AvgIpc) is 2.46. The SMILES string of the molecule is CC1(NS(=O)(=O)NCC(F)(F)F)CCNC1. The van der Waals surface area contributed by atoms with E-state index >= 15 is 0 Å². The largest absolute Gasteiger partial charge is 0.402 e. The lowest BCUT2D eigenvalue weighted by atomic mass is 10.0. The molecule has 1 aliphatic heterocycles. The van der Waals surface area contributed by atoms with Gasteiger partial charge in [0.05, 0.1) is 0 Å². The highest BCUT2D eigenvalue weighted by Gasteiger charge is 2.35. The monoisotopic (exact) mass is 261 g/mol. The van der Waals surface area contributed by atoms with E-state index in [1.807, 2.05) is 0 Å². The predicted molar refractivity (Wildman–Crippen MR) is 52.0 cm³/mol. The maximum atomic E-state index is 11.8. The summed E-state index contributed by atoms with van der Waals surface area (Å²) in [6.45, 7) is 1.11. The average molecular weight is 261 g/mol. The van der Waals surface area contributed by atoms with Gasteiger partial charge >= 0.3 is 6.18 Å². The molecule has 0 aromatic carbocycles. The normalized spacial score (nSPS) is 27.2. The molecule has 3 N–H and O–H groups in total. The van der Waals surface area contributed by atoms with Crippen LogP contribution in [0.15, 0.2) is 0 Å². The molecule has 96 valence electrons. The van der Waals surface area contributed by atoms with Gasteiger partial charge in [-0.25, -0.2) is 0 Å². The topological polar surface area (TPSA) is 70.2 Å². The lowest BCUT2D eigenvalue weighted by Gasteiger charge is -2.24. The second kappa shape index (κ2) is 4.47. The van der Waals surface area contributed by atoms with Crippen molar-refractivity contribution in [2.24, 2.45) is 0 Å². The van der Waals surface area contributed by atoms with E-state index in [1.165, 1.54) is 4.72 Å². The predicted octanol–water partition coefficient (Wildman–Crippen LogP) is -0.275. The van der Waals surface area contributed by atoms with E-state index in [9.17, 15) is 21.6 Å². The minimum Gasteiger partial charge on any atom is -0.315 e. The summed E-state index contributed by atoms with van der Waals surface area (Å²) in [7, 11) is -4.12. The molecule has 1 unspecified atom stereocenters. The number of hydrogen-bond acceptors (Lipinski definition) is 3. The molecule has 9 heteroatoms.